The summed E-state index contributed by atoms with van der Waals surface area (Å²) >= 11 is 0. The number of benzene rings is 1. The highest BCUT2D eigenvalue weighted by molar-refractivity contribution is 5.73. The zero-order valence-corrected chi connectivity index (χ0v) is 11.5. The van der Waals surface area contributed by atoms with Crippen molar-refractivity contribution in [3.8, 4) is 11.4 Å². The lowest BCUT2D eigenvalue weighted by atomic mass is 10.1. The van der Waals surface area contributed by atoms with E-state index >= 15 is 0 Å². The number of ether oxygens (including phenoxy) is 1. The Labute approximate surface area is 112 Å². The average molecular weight is 261 g/mol. The molecule has 0 fully saturated rings. The smallest absolute Gasteiger partial charge is 0.184 e. The SMILES string of the molecule is COCC(C)Cn1nnnc1-c1cccc(C)c1N. The van der Waals surface area contributed by atoms with E-state index < -0.39 is 0 Å². The lowest BCUT2D eigenvalue weighted by Crippen LogP contribution is -2.15. The summed E-state index contributed by atoms with van der Waals surface area (Å²) in [6, 6.07) is 5.87. The van der Waals surface area contributed by atoms with Crippen LogP contribution < -0.4 is 5.73 Å². The van der Waals surface area contributed by atoms with Gasteiger partial charge in [-0.15, -0.1) is 5.10 Å². The normalized spacial score (nSPS) is 12.6. The molecule has 1 atom stereocenters. The quantitative estimate of drug-likeness (QED) is 0.825. The van der Waals surface area contributed by atoms with Crippen LogP contribution in [0.5, 0.6) is 0 Å². The molecule has 1 heterocycles. The number of aryl methyl sites for hydroxylation is 1. The maximum absolute atomic E-state index is 6.10. The maximum Gasteiger partial charge on any atom is 0.184 e. The number of hydrogen-bond acceptors (Lipinski definition) is 5. The van der Waals surface area contributed by atoms with E-state index in [1.807, 2.05) is 25.1 Å². The first-order valence-electron chi connectivity index (χ1n) is 6.24. The molecule has 0 aliphatic carbocycles. The second-order valence-electron chi connectivity index (χ2n) is 4.78. The molecule has 0 saturated carbocycles. The molecule has 1 aromatic carbocycles. The van der Waals surface area contributed by atoms with E-state index in [2.05, 4.69) is 22.4 Å². The van der Waals surface area contributed by atoms with Crippen molar-refractivity contribution in [1.82, 2.24) is 20.2 Å². The Hall–Kier alpha value is -1.95. The van der Waals surface area contributed by atoms with Gasteiger partial charge in [-0.25, -0.2) is 4.68 Å². The second kappa shape index (κ2) is 5.79. The zero-order valence-electron chi connectivity index (χ0n) is 11.5. The number of rotatable bonds is 5. The molecule has 2 aromatic rings. The Morgan fingerprint density at radius 3 is 2.95 bits per heavy atom. The summed E-state index contributed by atoms with van der Waals surface area (Å²) < 4.78 is 6.91. The highest BCUT2D eigenvalue weighted by Gasteiger charge is 2.14. The van der Waals surface area contributed by atoms with Gasteiger partial charge in [-0.05, 0) is 34.9 Å². The molecule has 0 aliphatic heterocycles. The Kier molecular flexibility index (Phi) is 4.11. The molecule has 0 bridgehead atoms. The summed E-state index contributed by atoms with van der Waals surface area (Å²) in [5.41, 5.74) is 8.71. The molecule has 0 aliphatic rings. The number of nitrogen functional groups attached to an aromatic ring is 1. The highest BCUT2D eigenvalue weighted by atomic mass is 16.5. The van der Waals surface area contributed by atoms with Crippen LogP contribution in [0.15, 0.2) is 18.2 Å². The van der Waals surface area contributed by atoms with E-state index in [0.29, 0.717) is 24.9 Å². The van der Waals surface area contributed by atoms with Crippen LogP contribution in [0.4, 0.5) is 5.69 Å². The number of nitrogens with zero attached hydrogens (tertiary/aromatic N) is 4. The minimum absolute atomic E-state index is 0.332. The van der Waals surface area contributed by atoms with Gasteiger partial charge in [0.2, 0.25) is 0 Å². The first-order valence-corrected chi connectivity index (χ1v) is 6.24. The minimum Gasteiger partial charge on any atom is -0.398 e. The number of methoxy groups -OCH3 is 1. The molecule has 19 heavy (non-hydrogen) atoms. The van der Waals surface area contributed by atoms with Gasteiger partial charge in [0.15, 0.2) is 5.82 Å². The van der Waals surface area contributed by atoms with Crippen molar-refractivity contribution >= 4 is 5.69 Å². The van der Waals surface area contributed by atoms with Gasteiger partial charge < -0.3 is 10.5 Å². The number of aromatic nitrogens is 4. The van der Waals surface area contributed by atoms with Crippen LogP contribution in [0.2, 0.25) is 0 Å². The zero-order chi connectivity index (χ0) is 13.8. The molecule has 2 N–H and O–H groups in total. The van der Waals surface area contributed by atoms with E-state index in [-0.39, 0.29) is 0 Å². The van der Waals surface area contributed by atoms with E-state index in [1.165, 1.54) is 0 Å². The van der Waals surface area contributed by atoms with Crippen molar-refractivity contribution in [2.24, 2.45) is 5.92 Å². The van der Waals surface area contributed by atoms with Crippen LogP contribution in [-0.4, -0.2) is 33.9 Å². The number of para-hydroxylation sites is 1. The van der Waals surface area contributed by atoms with Crippen molar-refractivity contribution in [2.75, 3.05) is 19.5 Å². The number of anilines is 1. The molecule has 1 aromatic heterocycles. The van der Waals surface area contributed by atoms with Crippen LogP contribution in [0.1, 0.15) is 12.5 Å². The molecule has 102 valence electrons. The van der Waals surface area contributed by atoms with Crippen molar-refractivity contribution in [3.05, 3.63) is 23.8 Å². The third kappa shape index (κ3) is 2.90. The number of tetrazole rings is 1. The molecule has 0 spiro atoms. The standard InChI is InChI=1S/C13H19N5O/c1-9(8-19-3)7-18-13(15-16-17-18)11-6-4-5-10(2)12(11)14/h4-6,9H,7-8,14H2,1-3H3. The highest BCUT2D eigenvalue weighted by Crippen LogP contribution is 2.26. The van der Waals surface area contributed by atoms with Gasteiger partial charge in [-0.2, -0.15) is 0 Å². The van der Waals surface area contributed by atoms with Crippen LogP contribution in [0.25, 0.3) is 11.4 Å². The largest absolute Gasteiger partial charge is 0.398 e. The molecule has 6 nitrogen and oxygen atoms in total. The summed E-state index contributed by atoms with van der Waals surface area (Å²) in [5, 5.41) is 11.9. The Bertz CT molecular complexity index is 552. The molecule has 0 radical (unpaired) electrons. The van der Waals surface area contributed by atoms with Gasteiger partial charge in [0.05, 0.1) is 6.61 Å². The lowest BCUT2D eigenvalue weighted by Gasteiger charge is -2.12. The van der Waals surface area contributed by atoms with Crippen LogP contribution in [-0.2, 0) is 11.3 Å². The third-order valence-corrected chi connectivity index (χ3v) is 3.03. The van der Waals surface area contributed by atoms with Crippen molar-refractivity contribution in [1.29, 1.82) is 0 Å². The molecule has 1 unspecified atom stereocenters. The fourth-order valence-corrected chi connectivity index (χ4v) is 2.03. The summed E-state index contributed by atoms with van der Waals surface area (Å²) in [6.45, 7) is 5.43. The molecule has 0 amide bonds. The van der Waals surface area contributed by atoms with Gasteiger partial charge in [-0.1, -0.05) is 19.1 Å². The topological polar surface area (TPSA) is 78.8 Å². The van der Waals surface area contributed by atoms with E-state index in [1.54, 1.807) is 11.8 Å². The molecule has 6 heteroatoms. The van der Waals surface area contributed by atoms with Gasteiger partial charge in [0, 0.05) is 24.9 Å². The third-order valence-electron chi connectivity index (χ3n) is 3.03. The second-order valence-corrected chi connectivity index (χ2v) is 4.78. The van der Waals surface area contributed by atoms with Gasteiger partial charge in [0.1, 0.15) is 0 Å². The Morgan fingerprint density at radius 2 is 2.21 bits per heavy atom. The summed E-state index contributed by atoms with van der Waals surface area (Å²) in [6.07, 6.45) is 0. The average Bonchev–Trinajstić information content (AvgIpc) is 2.81. The lowest BCUT2D eigenvalue weighted by molar-refractivity contribution is 0.149. The Balaban J connectivity index is 2.31. The van der Waals surface area contributed by atoms with Crippen molar-refractivity contribution in [3.63, 3.8) is 0 Å². The van der Waals surface area contributed by atoms with Crippen molar-refractivity contribution in [2.45, 2.75) is 20.4 Å². The van der Waals surface area contributed by atoms with Gasteiger partial charge in [-0.3, -0.25) is 0 Å². The minimum atomic E-state index is 0.332. The predicted octanol–water partition coefficient (Wildman–Crippen LogP) is 1.51. The molecular weight excluding hydrogens is 242 g/mol. The van der Waals surface area contributed by atoms with E-state index in [4.69, 9.17) is 10.5 Å². The Morgan fingerprint density at radius 1 is 1.42 bits per heavy atom. The van der Waals surface area contributed by atoms with Gasteiger partial charge >= 0.3 is 0 Å². The van der Waals surface area contributed by atoms with Crippen LogP contribution in [0, 0.1) is 12.8 Å². The predicted molar refractivity (Wildman–Crippen MR) is 73.4 cm³/mol. The number of hydrogen-bond donors (Lipinski definition) is 1. The fraction of sp³-hybridized carbons (Fsp3) is 0.462. The van der Waals surface area contributed by atoms with E-state index in [0.717, 1.165) is 16.8 Å². The molecule has 2 rings (SSSR count). The summed E-state index contributed by atoms with van der Waals surface area (Å²) in [7, 11) is 1.69. The van der Waals surface area contributed by atoms with Crippen LogP contribution in [0.3, 0.4) is 0 Å². The molecule has 0 saturated heterocycles. The monoisotopic (exact) mass is 261 g/mol. The van der Waals surface area contributed by atoms with Crippen molar-refractivity contribution < 1.29 is 4.74 Å². The first-order chi connectivity index (χ1) is 9.13. The summed E-state index contributed by atoms with van der Waals surface area (Å²) in [5.74, 6) is 1.03. The van der Waals surface area contributed by atoms with Crippen LogP contribution >= 0.6 is 0 Å². The summed E-state index contributed by atoms with van der Waals surface area (Å²) in [4.78, 5) is 0. The number of nitrogens with two attached hydrogens (primary N) is 1. The first kappa shape index (κ1) is 13.5. The maximum atomic E-state index is 6.10. The van der Waals surface area contributed by atoms with E-state index in [9.17, 15) is 0 Å². The van der Waals surface area contributed by atoms with Gasteiger partial charge in [0.25, 0.3) is 0 Å². The molecular formula is C13H19N5O. The fourth-order valence-electron chi connectivity index (χ4n) is 2.03.